The number of piperidine rings is 1. The lowest BCUT2D eigenvalue weighted by atomic mass is 9.92. The Hall–Kier alpha value is -1.49. The Balaban J connectivity index is 2.25. The first-order valence-corrected chi connectivity index (χ1v) is 6.39. The van der Waals surface area contributed by atoms with Crippen molar-refractivity contribution in [3.63, 3.8) is 0 Å². The van der Waals surface area contributed by atoms with E-state index < -0.39 is 0 Å². The van der Waals surface area contributed by atoms with Crippen LogP contribution < -0.4 is 4.90 Å². The maximum atomic E-state index is 8.89. The lowest BCUT2D eigenvalue weighted by molar-refractivity contribution is 0.377. The van der Waals surface area contributed by atoms with E-state index in [9.17, 15) is 0 Å². The molecule has 1 aliphatic heterocycles. The molecule has 0 radical (unpaired) electrons. The molecule has 0 N–H and O–H groups in total. The molecule has 0 aliphatic carbocycles. The summed E-state index contributed by atoms with van der Waals surface area (Å²) in [4.78, 5) is 2.48. The Morgan fingerprint density at radius 1 is 1.35 bits per heavy atom. The molecule has 1 aliphatic rings. The third-order valence-corrected chi connectivity index (χ3v) is 3.77. The van der Waals surface area contributed by atoms with Crippen molar-refractivity contribution in [2.45, 2.75) is 39.7 Å². The molecule has 1 fully saturated rings. The SMILES string of the molecule is Cc1cc(C#N)ccc1N1CCC(C)CC1C. The highest BCUT2D eigenvalue weighted by Gasteiger charge is 2.23. The molecular weight excluding hydrogens is 208 g/mol. The number of nitrogens with zero attached hydrogens (tertiary/aromatic N) is 2. The van der Waals surface area contributed by atoms with E-state index in [1.807, 2.05) is 12.1 Å². The van der Waals surface area contributed by atoms with Crippen LogP contribution in [-0.4, -0.2) is 12.6 Å². The number of hydrogen-bond donors (Lipinski definition) is 0. The Kier molecular flexibility index (Phi) is 3.38. The Morgan fingerprint density at radius 2 is 2.12 bits per heavy atom. The molecule has 0 saturated carbocycles. The molecule has 2 rings (SSSR count). The molecule has 1 aromatic carbocycles. The zero-order valence-electron chi connectivity index (χ0n) is 10.9. The number of benzene rings is 1. The predicted molar refractivity (Wildman–Crippen MR) is 71.1 cm³/mol. The van der Waals surface area contributed by atoms with Gasteiger partial charge in [0.25, 0.3) is 0 Å². The van der Waals surface area contributed by atoms with Crippen molar-refractivity contribution in [2.24, 2.45) is 5.92 Å². The van der Waals surface area contributed by atoms with Gasteiger partial charge in [0.2, 0.25) is 0 Å². The topological polar surface area (TPSA) is 27.0 Å². The summed E-state index contributed by atoms with van der Waals surface area (Å²) >= 11 is 0. The second kappa shape index (κ2) is 4.79. The maximum absolute atomic E-state index is 8.89. The Labute approximate surface area is 104 Å². The van der Waals surface area contributed by atoms with Gasteiger partial charge in [-0.25, -0.2) is 0 Å². The quantitative estimate of drug-likeness (QED) is 0.735. The van der Waals surface area contributed by atoms with Crippen molar-refractivity contribution in [1.82, 2.24) is 0 Å². The van der Waals surface area contributed by atoms with Crippen LogP contribution in [0, 0.1) is 24.2 Å². The number of anilines is 1. The van der Waals surface area contributed by atoms with Crippen LogP contribution in [-0.2, 0) is 0 Å². The Bertz CT molecular complexity index is 445. The second-order valence-corrected chi connectivity index (χ2v) is 5.29. The molecule has 0 bridgehead atoms. The van der Waals surface area contributed by atoms with Crippen molar-refractivity contribution in [3.8, 4) is 6.07 Å². The summed E-state index contributed by atoms with van der Waals surface area (Å²) in [6.07, 6.45) is 2.53. The van der Waals surface area contributed by atoms with E-state index in [0.29, 0.717) is 6.04 Å². The van der Waals surface area contributed by atoms with Crippen LogP contribution in [0.3, 0.4) is 0 Å². The van der Waals surface area contributed by atoms with Crippen LogP contribution in [0.25, 0.3) is 0 Å². The molecule has 2 nitrogen and oxygen atoms in total. The average molecular weight is 228 g/mol. The van der Waals surface area contributed by atoms with E-state index in [2.05, 4.69) is 37.8 Å². The summed E-state index contributed by atoms with van der Waals surface area (Å²) in [5.41, 5.74) is 3.26. The second-order valence-electron chi connectivity index (χ2n) is 5.29. The van der Waals surface area contributed by atoms with Crippen LogP contribution in [0.1, 0.15) is 37.8 Å². The minimum absolute atomic E-state index is 0.602. The lowest BCUT2D eigenvalue weighted by Crippen LogP contribution is -2.40. The molecule has 1 heterocycles. The van der Waals surface area contributed by atoms with Crippen LogP contribution in [0.4, 0.5) is 5.69 Å². The van der Waals surface area contributed by atoms with Crippen LogP contribution >= 0.6 is 0 Å². The summed E-state index contributed by atoms with van der Waals surface area (Å²) in [5, 5.41) is 8.89. The first-order chi connectivity index (χ1) is 8.11. The minimum Gasteiger partial charge on any atom is -0.369 e. The molecule has 2 atom stereocenters. The molecule has 2 unspecified atom stereocenters. The Morgan fingerprint density at radius 3 is 2.71 bits per heavy atom. The van der Waals surface area contributed by atoms with Crippen molar-refractivity contribution in [3.05, 3.63) is 29.3 Å². The average Bonchev–Trinajstić information content (AvgIpc) is 2.30. The van der Waals surface area contributed by atoms with Gasteiger partial charge < -0.3 is 4.90 Å². The number of aryl methyl sites for hydroxylation is 1. The van der Waals surface area contributed by atoms with Gasteiger partial charge in [-0.05, 0) is 56.4 Å². The highest BCUT2D eigenvalue weighted by molar-refractivity contribution is 5.57. The van der Waals surface area contributed by atoms with Gasteiger partial charge in [0.15, 0.2) is 0 Å². The van der Waals surface area contributed by atoms with Crippen LogP contribution in [0.15, 0.2) is 18.2 Å². The van der Waals surface area contributed by atoms with Gasteiger partial charge in [0.1, 0.15) is 0 Å². The smallest absolute Gasteiger partial charge is 0.0991 e. The number of rotatable bonds is 1. The molecule has 1 aromatic rings. The lowest BCUT2D eigenvalue weighted by Gasteiger charge is -2.39. The van der Waals surface area contributed by atoms with Crippen LogP contribution in [0.2, 0.25) is 0 Å². The third kappa shape index (κ3) is 2.44. The highest BCUT2D eigenvalue weighted by Crippen LogP contribution is 2.30. The number of nitriles is 1. The van der Waals surface area contributed by atoms with Gasteiger partial charge in [-0.1, -0.05) is 6.92 Å². The predicted octanol–water partition coefficient (Wildman–Crippen LogP) is 3.49. The van der Waals surface area contributed by atoms with E-state index in [4.69, 9.17) is 5.26 Å². The zero-order chi connectivity index (χ0) is 12.4. The van der Waals surface area contributed by atoms with Crippen LogP contribution in [0.5, 0.6) is 0 Å². The molecule has 1 saturated heterocycles. The van der Waals surface area contributed by atoms with Crippen molar-refractivity contribution in [2.75, 3.05) is 11.4 Å². The van der Waals surface area contributed by atoms with Crippen molar-refractivity contribution in [1.29, 1.82) is 5.26 Å². The maximum Gasteiger partial charge on any atom is 0.0991 e. The first-order valence-electron chi connectivity index (χ1n) is 6.39. The van der Waals surface area contributed by atoms with Crippen molar-refractivity contribution >= 4 is 5.69 Å². The molecular formula is C15H20N2. The number of hydrogen-bond acceptors (Lipinski definition) is 2. The summed E-state index contributed by atoms with van der Waals surface area (Å²) in [6.45, 7) is 7.86. The van der Waals surface area contributed by atoms with Gasteiger partial charge in [-0.15, -0.1) is 0 Å². The molecule has 0 aromatic heterocycles. The zero-order valence-corrected chi connectivity index (χ0v) is 10.9. The molecule has 90 valence electrons. The van der Waals surface area contributed by atoms with Gasteiger partial charge in [0, 0.05) is 18.3 Å². The summed E-state index contributed by atoms with van der Waals surface area (Å²) in [5.74, 6) is 0.833. The summed E-state index contributed by atoms with van der Waals surface area (Å²) < 4.78 is 0. The monoisotopic (exact) mass is 228 g/mol. The van der Waals surface area contributed by atoms with E-state index in [1.54, 1.807) is 0 Å². The molecule has 2 heteroatoms. The highest BCUT2D eigenvalue weighted by atomic mass is 15.2. The normalized spacial score (nSPS) is 24.5. The fourth-order valence-corrected chi connectivity index (χ4v) is 2.81. The van der Waals surface area contributed by atoms with Gasteiger partial charge in [-0.2, -0.15) is 5.26 Å². The fraction of sp³-hybridized carbons (Fsp3) is 0.533. The standard InChI is InChI=1S/C15H20N2/c1-11-6-7-17(13(3)8-11)15-5-4-14(10-16)9-12(15)2/h4-5,9,11,13H,6-8H2,1-3H3. The van der Waals surface area contributed by atoms with Gasteiger partial charge in [-0.3, -0.25) is 0 Å². The minimum atomic E-state index is 0.602. The van der Waals surface area contributed by atoms with E-state index in [1.165, 1.54) is 24.1 Å². The summed E-state index contributed by atoms with van der Waals surface area (Å²) in [7, 11) is 0. The van der Waals surface area contributed by atoms with E-state index >= 15 is 0 Å². The van der Waals surface area contributed by atoms with E-state index in [0.717, 1.165) is 18.0 Å². The largest absolute Gasteiger partial charge is 0.369 e. The molecule has 0 amide bonds. The van der Waals surface area contributed by atoms with Gasteiger partial charge in [0.05, 0.1) is 11.6 Å². The van der Waals surface area contributed by atoms with Gasteiger partial charge >= 0.3 is 0 Å². The van der Waals surface area contributed by atoms with Crippen molar-refractivity contribution < 1.29 is 0 Å². The molecule has 0 spiro atoms. The fourth-order valence-electron chi connectivity index (χ4n) is 2.81. The van der Waals surface area contributed by atoms with E-state index in [-0.39, 0.29) is 0 Å². The first kappa shape index (κ1) is 12.0. The third-order valence-electron chi connectivity index (χ3n) is 3.77. The molecule has 17 heavy (non-hydrogen) atoms. The summed E-state index contributed by atoms with van der Waals surface area (Å²) in [6, 6.07) is 8.81.